The molecular formula is C28H40N2O6S2. The van der Waals surface area contributed by atoms with Gasteiger partial charge in [-0.25, -0.2) is 25.4 Å². The van der Waals surface area contributed by atoms with Crippen LogP contribution in [0.1, 0.15) is 76.3 Å². The maximum atomic E-state index is 13.2. The number of carbonyl (C=O) groups is 2. The van der Waals surface area contributed by atoms with Crippen LogP contribution in [0.5, 0.6) is 0 Å². The van der Waals surface area contributed by atoms with Gasteiger partial charge in [0, 0.05) is 25.9 Å². The van der Waals surface area contributed by atoms with Crippen LogP contribution in [0.4, 0.5) is 0 Å². The van der Waals surface area contributed by atoms with Crippen LogP contribution in [0.3, 0.4) is 0 Å². The zero-order chi connectivity index (χ0) is 28.3. The van der Waals surface area contributed by atoms with Crippen molar-refractivity contribution in [1.82, 2.24) is 8.61 Å². The van der Waals surface area contributed by atoms with Gasteiger partial charge in [-0.3, -0.25) is 9.59 Å². The second-order valence-corrected chi connectivity index (χ2v) is 13.2. The highest BCUT2D eigenvalue weighted by Gasteiger charge is 2.29. The number of benzene rings is 2. The van der Waals surface area contributed by atoms with Gasteiger partial charge in [0.25, 0.3) is 20.0 Å². The van der Waals surface area contributed by atoms with Gasteiger partial charge in [0.05, 0.1) is 9.79 Å². The molecule has 0 aromatic heterocycles. The largest absolute Gasteiger partial charge is 0.274 e. The van der Waals surface area contributed by atoms with E-state index < -0.39 is 31.9 Å². The minimum Gasteiger partial charge on any atom is -0.274 e. The molecule has 0 saturated heterocycles. The predicted molar refractivity (Wildman–Crippen MR) is 148 cm³/mol. The third-order valence-electron chi connectivity index (χ3n) is 6.17. The molecular weight excluding hydrogens is 524 g/mol. The van der Waals surface area contributed by atoms with Crippen molar-refractivity contribution in [2.75, 3.05) is 13.1 Å². The lowest BCUT2D eigenvalue weighted by Crippen LogP contribution is -2.38. The molecule has 0 aliphatic rings. The summed E-state index contributed by atoms with van der Waals surface area (Å²) in [5.41, 5.74) is 1.84. The van der Waals surface area contributed by atoms with Crippen molar-refractivity contribution in [3.05, 3.63) is 59.7 Å². The van der Waals surface area contributed by atoms with Gasteiger partial charge in [0.15, 0.2) is 0 Å². The molecule has 0 aliphatic carbocycles. The first-order chi connectivity index (χ1) is 17.9. The van der Waals surface area contributed by atoms with Crippen LogP contribution in [-0.4, -0.2) is 50.3 Å². The van der Waals surface area contributed by atoms with E-state index in [1.807, 2.05) is 27.7 Å². The molecule has 0 spiro atoms. The number of nitrogens with zero attached hydrogens (tertiary/aromatic N) is 2. The van der Waals surface area contributed by atoms with E-state index in [0.717, 1.165) is 19.7 Å². The summed E-state index contributed by atoms with van der Waals surface area (Å²) < 4.78 is 54.6. The van der Waals surface area contributed by atoms with Crippen LogP contribution in [0.2, 0.25) is 0 Å². The number of sulfonamides is 2. The van der Waals surface area contributed by atoms with E-state index in [2.05, 4.69) is 0 Å². The average Bonchev–Trinajstić information content (AvgIpc) is 2.86. The summed E-state index contributed by atoms with van der Waals surface area (Å²) in [4.78, 5) is 25.5. The zero-order valence-electron chi connectivity index (χ0n) is 22.9. The fourth-order valence-corrected chi connectivity index (χ4v) is 6.90. The maximum Gasteiger partial charge on any atom is 0.266 e. The van der Waals surface area contributed by atoms with E-state index in [1.54, 1.807) is 24.3 Å². The smallest absolute Gasteiger partial charge is 0.266 e. The number of amides is 2. The average molecular weight is 565 g/mol. The molecule has 8 nitrogen and oxygen atoms in total. The molecule has 0 radical (unpaired) electrons. The molecule has 0 N–H and O–H groups in total. The molecule has 0 bridgehead atoms. The van der Waals surface area contributed by atoms with E-state index in [0.29, 0.717) is 38.5 Å². The Balaban J connectivity index is 2.03. The van der Waals surface area contributed by atoms with Crippen LogP contribution < -0.4 is 0 Å². The van der Waals surface area contributed by atoms with Gasteiger partial charge < -0.3 is 0 Å². The van der Waals surface area contributed by atoms with Crippen molar-refractivity contribution in [2.45, 2.75) is 88.9 Å². The van der Waals surface area contributed by atoms with Crippen LogP contribution in [0.25, 0.3) is 0 Å². The van der Waals surface area contributed by atoms with Gasteiger partial charge in [-0.2, -0.15) is 0 Å². The summed E-state index contributed by atoms with van der Waals surface area (Å²) in [6, 6.07) is 12.8. The number of hydrogen-bond donors (Lipinski definition) is 0. The summed E-state index contributed by atoms with van der Waals surface area (Å²) in [5, 5.41) is 0. The Labute approximate surface area is 228 Å². The highest BCUT2D eigenvalue weighted by atomic mass is 32.2. The highest BCUT2D eigenvalue weighted by Crippen LogP contribution is 2.21. The molecule has 2 rings (SSSR count). The molecule has 0 saturated carbocycles. The van der Waals surface area contributed by atoms with Crippen molar-refractivity contribution in [3.8, 4) is 0 Å². The molecule has 0 aliphatic heterocycles. The summed E-state index contributed by atoms with van der Waals surface area (Å²) in [5.74, 6) is -0.873. The number of aryl methyl sites for hydroxylation is 2. The minimum atomic E-state index is -3.96. The lowest BCUT2D eigenvalue weighted by molar-refractivity contribution is -0.127. The Bertz CT molecular complexity index is 1170. The number of hydrogen-bond acceptors (Lipinski definition) is 6. The van der Waals surface area contributed by atoms with Crippen molar-refractivity contribution < 1.29 is 26.4 Å². The van der Waals surface area contributed by atoms with E-state index in [-0.39, 0.29) is 35.7 Å². The predicted octanol–water partition coefficient (Wildman–Crippen LogP) is 5.20. The van der Waals surface area contributed by atoms with Crippen LogP contribution >= 0.6 is 0 Å². The fourth-order valence-electron chi connectivity index (χ4n) is 3.97. The van der Waals surface area contributed by atoms with Gasteiger partial charge in [-0.05, 0) is 63.8 Å². The molecule has 2 aromatic rings. The molecule has 10 heteroatoms. The van der Waals surface area contributed by atoms with E-state index in [1.165, 1.54) is 24.3 Å². The van der Waals surface area contributed by atoms with Crippen molar-refractivity contribution in [3.63, 3.8) is 0 Å². The Kier molecular flexibility index (Phi) is 12.0. The van der Waals surface area contributed by atoms with E-state index >= 15 is 0 Å². The summed E-state index contributed by atoms with van der Waals surface area (Å²) in [6.45, 7) is 7.47. The summed E-state index contributed by atoms with van der Waals surface area (Å²) >= 11 is 0. The standard InChI is InChI=1S/C28H40N2O6S2/c1-5-11-27(31)29(37(33,34)25-17-13-23(3)14-18-25)21-9-7-8-10-22-30(28(32)12-6-2)38(35,36)26-19-15-24(4)16-20-26/h13-20H,5-12,21-22H2,1-4H3. The highest BCUT2D eigenvalue weighted by molar-refractivity contribution is 7.90. The Hall–Kier alpha value is -2.72. The first-order valence-corrected chi connectivity index (χ1v) is 16.1. The van der Waals surface area contributed by atoms with Gasteiger partial charge >= 0.3 is 0 Å². The summed E-state index contributed by atoms with van der Waals surface area (Å²) in [7, 11) is -7.93. The second kappa shape index (κ2) is 14.4. The lowest BCUT2D eigenvalue weighted by atomic mass is 10.2. The molecule has 2 aromatic carbocycles. The third-order valence-corrected chi connectivity index (χ3v) is 9.84. The number of rotatable bonds is 15. The molecule has 0 fully saturated rings. The fraction of sp³-hybridized carbons (Fsp3) is 0.500. The van der Waals surface area contributed by atoms with Crippen molar-refractivity contribution in [2.24, 2.45) is 0 Å². The molecule has 0 unspecified atom stereocenters. The zero-order valence-corrected chi connectivity index (χ0v) is 24.5. The first kappa shape index (κ1) is 31.5. The van der Waals surface area contributed by atoms with E-state index in [9.17, 15) is 26.4 Å². The van der Waals surface area contributed by atoms with Crippen LogP contribution in [0.15, 0.2) is 58.3 Å². The van der Waals surface area contributed by atoms with Crippen molar-refractivity contribution >= 4 is 31.9 Å². The molecule has 38 heavy (non-hydrogen) atoms. The monoisotopic (exact) mass is 564 g/mol. The third kappa shape index (κ3) is 8.39. The molecule has 2 amide bonds. The second-order valence-electron chi connectivity index (χ2n) is 9.48. The quantitative estimate of drug-likeness (QED) is 0.275. The Morgan fingerprint density at radius 3 is 1.18 bits per heavy atom. The molecule has 210 valence electrons. The van der Waals surface area contributed by atoms with E-state index in [4.69, 9.17) is 0 Å². The topological polar surface area (TPSA) is 109 Å². The number of unbranched alkanes of at least 4 members (excludes halogenated alkanes) is 3. The Morgan fingerprint density at radius 2 is 0.895 bits per heavy atom. The number of carbonyl (C=O) groups excluding carboxylic acids is 2. The first-order valence-electron chi connectivity index (χ1n) is 13.2. The van der Waals surface area contributed by atoms with Crippen molar-refractivity contribution in [1.29, 1.82) is 0 Å². The minimum absolute atomic E-state index is 0.0508. The molecule has 0 atom stereocenters. The van der Waals surface area contributed by atoms with Crippen LogP contribution in [0, 0.1) is 13.8 Å². The van der Waals surface area contributed by atoms with Gasteiger partial charge in [-0.1, -0.05) is 62.1 Å². The van der Waals surface area contributed by atoms with Crippen LogP contribution in [-0.2, 0) is 29.6 Å². The summed E-state index contributed by atoms with van der Waals surface area (Å²) in [6.07, 6.45) is 3.39. The van der Waals surface area contributed by atoms with Gasteiger partial charge in [0.1, 0.15) is 0 Å². The SMILES string of the molecule is CCCC(=O)N(CCCCCCN(C(=O)CCC)S(=O)(=O)c1ccc(C)cc1)S(=O)(=O)c1ccc(C)cc1. The molecule has 0 heterocycles. The lowest BCUT2D eigenvalue weighted by Gasteiger charge is -2.23. The van der Waals surface area contributed by atoms with Gasteiger partial charge in [0.2, 0.25) is 11.8 Å². The normalized spacial score (nSPS) is 11.8. The van der Waals surface area contributed by atoms with Gasteiger partial charge in [-0.15, -0.1) is 0 Å². The Morgan fingerprint density at radius 1 is 0.579 bits per heavy atom. The maximum absolute atomic E-state index is 13.2.